The Kier molecular flexibility index (Phi) is 4.72. The summed E-state index contributed by atoms with van der Waals surface area (Å²) < 4.78 is 25.4. The predicted octanol–water partition coefficient (Wildman–Crippen LogP) is 2.55. The van der Waals surface area contributed by atoms with Crippen LogP contribution >= 0.6 is 11.8 Å². The lowest BCUT2D eigenvalue weighted by Crippen LogP contribution is -2.49. The predicted molar refractivity (Wildman–Crippen MR) is 77.7 cm³/mol. The fourth-order valence-electron chi connectivity index (χ4n) is 2.04. The molecular weight excluding hydrogens is 295 g/mol. The molecule has 21 heavy (non-hydrogen) atoms. The Morgan fingerprint density at radius 3 is 2.62 bits per heavy atom. The Morgan fingerprint density at radius 2 is 2.10 bits per heavy atom. The molecule has 116 valence electrons. The van der Waals surface area contributed by atoms with Crippen molar-refractivity contribution in [2.75, 3.05) is 6.61 Å². The number of carbonyl (C=O) groups excluding carboxylic acids is 1. The van der Waals surface area contributed by atoms with Crippen LogP contribution in [0.3, 0.4) is 0 Å². The van der Waals surface area contributed by atoms with Crippen molar-refractivity contribution >= 4 is 16.9 Å². The zero-order valence-corrected chi connectivity index (χ0v) is 13.0. The van der Waals surface area contributed by atoms with Gasteiger partial charge in [0, 0.05) is 4.90 Å². The highest BCUT2D eigenvalue weighted by molar-refractivity contribution is 8.13. The van der Waals surface area contributed by atoms with E-state index in [4.69, 9.17) is 9.47 Å². The van der Waals surface area contributed by atoms with E-state index < -0.39 is 28.8 Å². The minimum atomic E-state index is -2.42. The number of rotatable bonds is 4. The zero-order valence-electron chi connectivity index (χ0n) is 12.2. The largest absolute Gasteiger partial charge is 0.386 e. The van der Waals surface area contributed by atoms with Gasteiger partial charge in [0.1, 0.15) is 12.2 Å². The SMILES string of the molecule is CC1(C)OC[C@H]([C@@H](O)C(C)(F)C(=O)Sc2ccccc2)O1. The lowest BCUT2D eigenvalue weighted by Gasteiger charge is -2.28. The topological polar surface area (TPSA) is 55.8 Å². The van der Waals surface area contributed by atoms with Gasteiger partial charge in [-0.1, -0.05) is 18.2 Å². The molecule has 0 aliphatic carbocycles. The van der Waals surface area contributed by atoms with Crippen molar-refractivity contribution in [3.05, 3.63) is 30.3 Å². The van der Waals surface area contributed by atoms with E-state index in [9.17, 15) is 14.3 Å². The van der Waals surface area contributed by atoms with Crippen molar-refractivity contribution in [2.45, 2.75) is 49.3 Å². The number of thioether (sulfide) groups is 1. The quantitative estimate of drug-likeness (QED) is 0.866. The van der Waals surface area contributed by atoms with Gasteiger partial charge in [0.15, 0.2) is 5.79 Å². The molecule has 0 bridgehead atoms. The van der Waals surface area contributed by atoms with Crippen molar-refractivity contribution < 1.29 is 23.8 Å². The molecule has 2 rings (SSSR count). The average molecular weight is 314 g/mol. The summed E-state index contributed by atoms with van der Waals surface area (Å²) in [7, 11) is 0. The molecule has 0 amide bonds. The molecule has 1 N–H and O–H groups in total. The molecule has 1 saturated heterocycles. The fraction of sp³-hybridized carbons (Fsp3) is 0.533. The molecule has 0 aromatic heterocycles. The summed E-state index contributed by atoms with van der Waals surface area (Å²) in [6.07, 6.45) is -2.45. The lowest BCUT2D eigenvalue weighted by molar-refractivity contribution is -0.166. The number of ether oxygens (including phenoxy) is 2. The molecule has 1 unspecified atom stereocenters. The van der Waals surface area contributed by atoms with Gasteiger partial charge < -0.3 is 14.6 Å². The standard InChI is InChI=1S/C15H19FO4S/c1-14(2)19-9-11(20-14)12(17)15(3,16)13(18)21-10-7-5-4-6-8-10/h4-8,11-12,17H,9H2,1-3H3/t11-,12-,15?/m1/s1. The Labute approximate surface area is 127 Å². The van der Waals surface area contributed by atoms with Crippen LogP contribution in [0.1, 0.15) is 20.8 Å². The molecule has 1 aromatic rings. The third-order valence-corrected chi connectivity index (χ3v) is 4.38. The second-order valence-electron chi connectivity index (χ2n) is 5.59. The number of hydrogen-bond donors (Lipinski definition) is 1. The van der Waals surface area contributed by atoms with Crippen LogP contribution in [0.4, 0.5) is 4.39 Å². The maximum Gasteiger partial charge on any atom is 0.233 e. The monoisotopic (exact) mass is 314 g/mol. The lowest BCUT2D eigenvalue weighted by atomic mass is 9.98. The molecule has 1 aliphatic rings. The molecule has 3 atom stereocenters. The number of benzene rings is 1. The number of halogens is 1. The minimum absolute atomic E-state index is 0.0525. The Bertz CT molecular complexity index is 504. The van der Waals surface area contributed by atoms with Crippen molar-refractivity contribution in [2.24, 2.45) is 0 Å². The maximum absolute atomic E-state index is 14.7. The highest BCUT2D eigenvalue weighted by Gasteiger charge is 2.49. The first-order chi connectivity index (χ1) is 9.72. The van der Waals surface area contributed by atoms with Crippen molar-refractivity contribution in [1.29, 1.82) is 0 Å². The molecule has 1 aliphatic heterocycles. The van der Waals surface area contributed by atoms with Gasteiger partial charge in [-0.2, -0.15) is 0 Å². The van der Waals surface area contributed by atoms with E-state index in [-0.39, 0.29) is 6.61 Å². The summed E-state index contributed by atoms with van der Waals surface area (Å²) in [5.41, 5.74) is -2.42. The summed E-state index contributed by atoms with van der Waals surface area (Å²) in [6, 6.07) is 8.76. The highest BCUT2D eigenvalue weighted by Crippen LogP contribution is 2.34. The van der Waals surface area contributed by atoms with Gasteiger partial charge >= 0.3 is 0 Å². The van der Waals surface area contributed by atoms with E-state index in [1.165, 1.54) is 0 Å². The normalized spacial score (nSPS) is 25.3. The van der Waals surface area contributed by atoms with Crippen LogP contribution in [0.15, 0.2) is 35.2 Å². The number of aliphatic hydroxyl groups is 1. The third kappa shape index (κ3) is 3.83. The first-order valence-corrected chi connectivity index (χ1v) is 7.50. The zero-order chi connectivity index (χ0) is 15.7. The number of aliphatic hydroxyl groups excluding tert-OH is 1. The van der Waals surface area contributed by atoms with E-state index in [0.717, 1.165) is 18.7 Å². The van der Waals surface area contributed by atoms with Gasteiger partial charge in [0.2, 0.25) is 10.8 Å². The minimum Gasteiger partial charge on any atom is -0.386 e. The first-order valence-electron chi connectivity index (χ1n) is 6.68. The van der Waals surface area contributed by atoms with E-state index in [1.807, 2.05) is 6.07 Å². The summed E-state index contributed by atoms with van der Waals surface area (Å²) in [5.74, 6) is -0.878. The van der Waals surface area contributed by atoms with Gasteiger partial charge in [-0.25, -0.2) is 4.39 Å². The number of carbonyl (C=O) groups is 1. The smallest absolute Gasteiger partial charge is 0.233 e. The third-order valence-electron chi connectivity index (χ3n) is 3.29. The molecule has 1 aromatic carbocycles. The van der Waals surface area contributed by atoms with E-state index in [1.54, 1.807) is 38.1 Å². The molecule has 1 fully saturated rings. The van der Waals surface area contributed by atoms with Crippen LogP contribution in [-0.2, 0) is 14.3 Å². The van der Waals surface area contributed by atoms with Gasteiger partial charge in [-0.05, 0) is 44.7 Å². The van der Waals surface area contributed by atoms with Crippen LogP contribution < -0.4 is 0 Å². The average Bonchev–Trinajstić information content (AvgIpc) is 2.79. The van der Waals surface area contributed by atoms with Crippen LogP contribution in [0, 0.1) is 0 Å². The van der Waals surface area contributed by atoms with Gasteiger partial charge in [-0.15, -0.1) is 0 Å². The fourth-order valence-corrected chi connectivity index (χ4v) is 2.86. The Hall–Kier alpha value is -0.950. The van der Waals surface area contributed by atoms with E-state index in [0.29, 0.717) is 4.90 Å². The number of alkyl halides is 1. The van der Waals surface area contributed by atoms with Gasteiger partial charge in [0.25, 0.3) is 0 Å². The Morgan fingerprint density at radius 1 is 1.48 bits per heavy atom. The van der Waals surface area contributed by atoms with Crippen molar-refractivity contribution in [1.82, 2.24) is 0 Å². The molecule has 1 heterocycles. The molecule has 0 saturated carbocycles. The van der Waals surface area contributed by atoms with Gasteiger partial charge in [-0.3, -0.25) is 4.79 Å². The second kappa shape index (κ2) is 6.04. The molecule has 4 nitrogen and oxygen atoms in total. The number of hydrogen-bond acceptors (Lipinski definition) is 5. The highest BCUT2D eigenvalue weighted by atomic mass is 32.2. The van der Waals surface area contributed by atoms with E-state index in [2.05, 4.69) is 0 Å². The van der Waals surface area contributed by atoms with Crippen LogP contribution in [-0.4, -0.2) is 40.5 Å². The second-order valence-corrected chi connectivity index (χ2v) is 6.64. The first kappa shape index (κ1) is 16.4. The van der Waals surface area contributed by atoms with E-state index >= 15 is 0 Å². The van der Waals surface area contributed by atoms with Crippen molar-refractivity contribution in [3.63, 3.8) is 0 Å². The molecule has 6 heteroatoms. The summed E-state index contributed by atoms with van der Waals surface area (Å²) in [4.78, 5) is 12.8. The summed E-state index contributed by atoms with van der Waals surface area (Å²) >= 11 is 0.767. The van der Waals surface area contributed by atoms with Crippen molar-refractivity contribution in [3.8, 4) is 0 Å². The maximum atomic E-state index is 14.7. The van der Waals surface area contributed by atoms with Crippen LogP contribution in [0.5, 0.6) is 0 Å². The summed E-state index contributed by atoms with van der Waals surface area (Å²) in [5, 5.41) is 9.39. The molecular formula is C15H19FO4S. The van der Waals surface area contributed by atoms with Gasteiger partial charge in [0.05, 0.1) is 6.61 Å². The molecule has 0 spiro atoms. The van der Waals surface area contributed by atoms with Crippen LogP contribution in [0.25, 0.3) is 0 Å². The Balaban J connectivity index is 2.04. The summed E-state index contributed by atoms with van der Waals surface area (Å²) in [6.45, 7) is 4.48. The van der Waals surface area contributed by atoms with Crippen LogP contribution in [0.2, 0.25) is 0 Å². The molecule has 0 radical (unpaired) electrons.